The first-order valence-corrected chi connectivity index (χ1v) is 8.65. The molecule has 0 fully saturated rings. The zero-order valence-corrected chi connectivity index (χ0v) is 13.2. The van der Waals surface area contributed by atoms with E-state index >= 15 is 0 Å². The number of aromatic amines is 1. The summed E-state index contributed by atoms with van der Waals surface area (Å²) in [7, 11) is -3.75. The van der Waals surface area contributed by atoms with Crippen molar-refractivity contribution in [2.75, 3.05) is 10.5 Å². The summed E-state index contributed by atoms with van der Waals surface area (Å²) < 4.78 is 26.9. The van der Waals surface area contributed by atoms with Crippen LogP contribution < -0.4 is 4.72 Å². The molecule has 0 atom stereocenters. The van der Waals surface area contributed by atoms with Gasteiger partial charge >= 0.3 is 0 Å². The lowest BCUT2D eigenvalue weighted by Crippen LogP contribution is -2.14. The summed E-state index contributed by atoms with van der Waals surface area (Å²) in [6.07, 6.45) is 0. The van der Waals surface area contributed by atoms with Gasteiger partial charge < -0.3 is 0 Å². The molecule has 6 nitrogen and oxygen atoms in total. The first kappa shape index (κ1) is 15.4. The van der Waals surface area contributed by atoms with Gasteiger partial charge in [-0.2, -0.15) is 10.4 Å². The number of nitrogens with zero attached hydrogens (tertiary/aromatic N) is 2. The highest BCUT2D eigenvalue weighted by molar-refractivity contribution is 7.99. The minimum atomic E-state index is -3.75. The first-order chi connectivity index (χ1) is 9.97. The Bertz CT molecular complexity index is 773. The first-order valence-electron chi connectivity index (χ1n) is 6.18. The van der Waals surface area contributed by atoms with Crippen LogP contribution in [0.15, 0.2) is 34.2 Å². The van der Waals surface area contributed by atoms with Crippen molar-refractivity contribution in [3.05, 3.63) is 35.4 Å². The minimum absolute atomic E-state index is 0.0917. The molecule has 21 heavy (non-hydrogen) atoms. The maximum atomic E-state index is 12.3. The average Bonchev–Trinajstić information content (AvgIpc) is 2.81. The second kappa shape index (κ2) is 6.20. The van der Waals surface area contributed by atoms with Crippen molar-refractivity contribution in [2.24, 2.45) is 0 Å². The number of anilines is 1. The summed E-state index contributed by atoms with van der Waals surface area (Å²) in [4.78, 5) is 0.135. The van der Waals surface area contributed by atoms with Gasteiger partial charge in [-0.15, -0.1) is 11.8 Å². The second-order valence-electron chi connectivity index (χ2n) is 4.24. The second-order valence-corrected chi connectivity index (χ2v) is 7.18. The van der Waals surface area contributed by atoms with Crippen molar-refractivity contribution in [2.45, 2.75) is 23.8 Å². The molecule has 0 radical (unpaired) electrons. The lowest BCUT2D eigenvalue weighted by Gasteiger charge is -2.06. The number of benzene rings is 1. The summed E-state index contributed by atoms with van der Waals surface area (Å²) in [5.74, 6) is 0.831. The smallest absolute Gasteiger partial charge is 0.263 e. The number of thioether (sulfide) groups is 1. The Morgan fingerprint density at radius 1 is 1.38 bits per heavy atom. The maximum Gasteiger partial charge on any atom is 0.263 e. The SMILES string of the molecule is CCSc1n[nH]c(NS(=O)(=O)c2ccc(C)cc2)c1C#N. The van der Waals surface area contributed by atoms with Gasteiger partial charge in [-0.1, -0.05) is 24.6 Å². The van der Waals surface area contributed by atoms with Crippen LogP contribution in [0.1, 0.15) is 18.1 Å². The van der Waals surface area contributed by atoms with Crippen LogP contribution in [0.25, 0.3) is 0 Å². The molecule has 2 N–H and O–H groups in total. The normalized spacial score (nSPS) is 11.1. The van der Waals surface area contributed by atoms with E-state index in [4.69, 9.17) is 5.26 Å². The highest BCUT2D eigenvalue weighted by Gasteiger charge is 2.20. The Morgan fingerprint density at radius 2 is 2.05 bits per heavy atom. The van der Waals surface area contributed by atoms with Crippen molar-refractivity contribution in [1.82, 2.24) is 10.2 Å². The third kappa shape index (κ3) is 3.37. The van der Waals surface area contributed by atoms with Gasteiger partial charge in [-0.05, 0) is 24.8 Å². The Morgan fingerprint density at radius 3 is 2.62 bits per heavy atom. The lowest BCUT2D eigenvalue weighted by atomic mass is 10.2. The fourth-order valence-electron chi connectivity index (χ4n) is 1.65. The van der Waals surface area contributed by atoms with Crippen LogP contribution in [0, 0.1) is 18.3 Å². The van der Waals surface area contributed by atoms with Gasteiger partial charge in [0.1, 0.15) is 16.7 Å². The van der Waals surface area contributed by atoms with Gasteiger partial charge in [-0.25, -0.2) is 8.42 Å². The molecule has 0 saturated carbocycles. The van der Waals surface area contributed by atoms with Gasteiger partial charge in [0.25, 0.3) is 10.0 Å². The van der Waals surface area contributed by atoms with E-state index in [1.54, 1.807) is 12.1 Å². The number of hydrogen-bond donors (Lipinski definition) is 2. The molecule has 0 aliphatic carbocycles. The molecule has 1 aromatic carbocycles. The molecule has 0 saturated heterocycles. The van der Waals surface area contributed by atoms with Crippen molar-refractivity contribution in [3.63, 3.8) is 0 Å². The van der Waals surface area contributed by atoms with Gasteiger partial charge in [-0.3, -0.25) is 9.82 Å². The van der Waals surface area contributed by atoms with Crippen LogP contribution in [-0.4, -0.2) is 24.4 Å². The maximum absolute atomic E-state index is 12.3. The third-order valence-electron chi connectivity index (χ3n) is 2.69. The number of nitrogens with one attached hydrogen (secondary N) is 2. The number of aryl methyl sites for hydroxylation is 1. The standard InChI is InChI=1S/C13H14N4O2S2/c1-3-20-13-11(8-14)12(15-16-13)17-21(18,19)10-6-4-9(2)5-7-10/h4-7H,3H2,1-2H3,(H2,15,16,17). The predicted octanol–water partition coefficient (Wildman–Crippen LogP) is 2.50. The molecule has 0 unspecified atom stereocenters. The Kier molecular flexibility index (Phi) is 4.55. The molecule has 0 aliphatic rings. The Hall–Kier alpha value is -1.98. The van der Waals surface area contributed by atoms with E-state index in [0.29, 0.717) is 5.03 Å². The molecule has 0 aliphatic heterocycles. The van der Waals surface area contributed by atoms with Crippen LogP contribution in [0.5, 0.6) is 0 Å². The molecule has 0 amide bonds. The average molecular weight is 322 g/mol. The van der Waals surface area contributed by atoms with Gasteiger partial charge in [0.05, 0.1) is 4.90 Å². The molecule has 2 aromatic rings. The van der Waals surface area contributed by atoms with E-state index in [0.717, 1.165) is 11.3 Å². The molecular formula is C13H14N4O2S2. The quantitative estimate of drug-likeness (QED) is 0.824. The van der Waals surface area contributed by atoms with Crippen LogP contribution in [0.2, 0.25) is 0 Å². The van der Waals surface area contributed by atoms with Gasteiger partial charge in [0.15, 0.2) is 5.82 Å². The minimum Gasteiger partial charge on any atom is -0.263 e. The summed E-state index contributed by atoms with van der Waals surface area (Å²) in [6, 6.07) is 8.43. The molecule has 0 bridgehead atoms. The Labute approximate surface area is 127 Å². The van der Waals surface area contributed by atoms with Gasteiger partial charge in [0, 0.05) is 0 Å². The van der Waals surface area contributed by atoms with Crippen LogP contribution in [-0.2, 0) is 10.0 Å². The fraction of sp³-hybridized carbons (Fsp3) is 0.231. The number of rotatable bonds is 5. The third-order valence-corrected chi connectivity index (χ3v) is 4.92. The summed E-state index contributed by atoms with van der Waals surface area (Å²) in [5, 5.41) is 16.2. The molecule has 2 rings (SSSR count). The summed E-state index contributed by atoms with van der Waals surface area (Å²) >= 11 is 1.37. The zero-order chi connectivity index (χ0) is 15.5. The molecular weight excluding hydrogens is 308 g/mol. The molecule has 110 valence electrons. The van der Waals surface area contributed by atoms with Crippen LogP contribution in [0.3, 0.4) is 0 Å². The largest absolute Gasteiger partial charge is 0.263 e. The summed E-state index contributed by atoms with van der Waals surface area (Å²) in [5.41, 5.74) is 1.17. The van der Waals surface area contributed by atoms with Crippen LogP contribution >= 0.6 is 11.8 Å². The van der Waals surface area contributed by atoms with E-state index in [1.807, 2.05) is 19.9 Å². The zero-order valence-electron chi connectivity index (χ0n) is 11.5. The number of aromatic nitrogens is 2. The number of nitriles is 1. The lowest BCUT2D eigenvalue weighted by molar-refractivity contribution is 0.601. The number of hydrogen-bond acceptors (Lipinski definition) is 5. The van der Waals surface area contributed by atoms with Crippen LogP contribution in [0.4, 0.5) is 5.82 Å². The molecule has 1 aromatic heterocycles. The summed E-state index contributed by atoms with van der Waals surface area (Å²) in [6.45, 7) is 3.80. The highest BCUT2D eigenvalue weighted by atomic mass is 32.2. The van der Waals surface area contributed by atoms with Gasteiger partial charge in [0.2, 0.25) is 0 Å². The van der Waals surface area contributed by atoms with E-state index in [2.05, 4.69) is 14.9 Å². The predicted molar refractivity (Wildman–Crippen MR) is 81.7 cm³/mol. The fourth-order valence-corrected chi connectivity index (χ4v) is 3.36. The molecule has 8 heteroatoms. The van der Waals surface area contributed by atoms with Crippen molar-refractivity contribution < 1.29 is 8.42 Å². The number of sulfonamides is 1. The van der Waals surface area contributed by atoms with E-state index in [1.165, 1.54) is 23.9 Å². The van der Waals surface area contributed by atoms with Crippen molar-refractivity contribution in [3.8, 4) is 6.07 Å². The topological polar surface area (TPSA) is 98.6 Å². The highest BCUT2D eigenvalue weighted by Crippen LogP contribution is 2.26. The number of H-pyrrole nitrogens is 1. The molecule has 0 spiro atoms. The van der Waals surface area contributed by atoms with Crippen molar-refractivity contribution in [1.29, 1.82) is 5.26 Å². The monoisotopic (exact) mass is 322 g/mol. The van der Waals surface area contributed by atoms with E-state index < -0.39 is 10.0 Å². The molecule has 1 heterocycles. The Balaban J connectivity index is 2.33. The van der Waals surface area contributed by atoms with E-state index in [-0.39, 0.29) is 16.3 Å². The van der Waals surface area contributed by atoms with Crippen molar-refractivity contribution >= 4 is 27.6 Å². The van der Waals surface area contributed by atoms with E-state index in [9.17, 15) is 8.42 Å².